The Balaban J connectivity index is 2.30. The lowest BCUT2D eigenvalue weighted by atomic mass is 9.92. The molecular weight excluding hydrogens is 369 g/mol. The number of hydrogen-bond donors (Lipinski definition) is 1. The van der Waals surface area contributed by atoms with E-state index in [4.69, 9.17) is 4.74 Å². The topological polar surface area (TPSA) is 41.6 Å². The van der Waals surface area contributed by atoms with Crippen molar-refractivity contribution >= 4 is 16.7 Å². The zero-order chi connectivity index (χ0) is 20.9. The van der Waals surface area contributed by atoms with Crippen LogP contribution >= 0.6 is 0 Å². The van der Waals surface area contributed by atoms with Crippen molar-refractivity contribution in [3.05, 3.63) is 42.0 Å². The van der Waals surface area contributed by atoms with Crippen LogP contribution in [0.1, 0.15) is 52.6 Å². The Hall–Kier alpha value is -2.28. The number of carbonyl (C=O) groups excluding carboxylic acids is 1. The third kappa shape index (κ3) is 3.94. The molecule has 152 valence electrons. The highest BCUT2D eigenvalue weighted by molar-refractivity contribution is 5.88. The van der Waals surface area contributed by atoms with Gasteiger partial charge in [0.25, 0.3) is 0 Å². The predicted molar refractivity (Wildman–Crippen MR) is 102 cm³/mol. The molecule has 0 aliphatic carbocycles. The van der Waals surface area contributed by atoms with Crippen molar-refractivity contribution in [1.82, 2.24) is 10.4 Å². The summed E-state index contributed by atoms with van der Waals surface area (Å²) in [6.45, 7) is 8.61. The maximum atomic E-state index is 14.4. The summed E-state index contributed by atoms with van der Waals surface area (Å²) in [6.07, 6.45) is -4.64. The first-order valence-electron chi connectivity index (χ1n) is 9.16. The summed E-state index contributed by atoms with van der Waals surface area (Å²) < 4.78 is 49.2. The summed E-state index contributed by atoms with van der Waals surface area (Å²) in [5.41, 5.74) is 0.743. The Morgan fingerprint density at radius 2 is 1.75 bits per heavy atom. The van der Waals surface area contributed by atoms with Gasteiger partial charge in [-0.05, 0) is 51.5 Å². The van der Waals surface area contributed by atoms with Gasteiger partial charge in [-0.3, -0.25) is 10.2 Å². The number of halogens is 3. The van der Waals surface area contributed by atoms with E-state index >= 15 is 0 Å². The third-order valence-electron chi connectivity index (χ3n) is 4.68. The van der Waals surface area contributed by atoms with E-state index in [2.05, 4.69) is 5.43 Å². The van der Waals surface area contributed by atoms with Crippen molar-refractivity contribution in [3.63, 3.8) is 0 Å². The van der Waals surface area contributed by atoms with Gasteiger partial charge in [-0.1, -0.05) is 30.3 Å². The average molecular weight is 394 g/mol. The molecule has 1 saturated heterocycles. The number of carbonyl (C=O) groups is 1. The summed E-state index contributed by atoms with van der Waals surface area (Å²) in [6, 6.07) is 8.18. The average Bonchev–Trinajstić information content (AvgIpc) is 2.79. The van der Waals surface area contributed by atoms with Gasteiger partial charge < -0.3 is 4.74 Å². The lowest BCUT2D eigenvalue weighted by Crippen LogP contribution is -2.51. The Morgan fingerprint density at radius 3 is 2.29 bits per heavy atom. The molecule has 3 rings (SSSR count). The van der Waals surface area contributed by atoms with Crippen molar-refractivity contribution in [3.8, 4) is 5.75 Å². The van der Waals surface area contributed by atoms with Crippen LogP contribution in [0.5, 0.6) is 5.75 Å². The summed E-state index contributed by atoms with van der Waals surface area (Å²) in [5, 5.41) is 2.15. The van der Waals surface area contributed by atoms with Gasteiger partial charge >= 0.3 is 6.18 Å². The first-order chi connectivity index (χ1) is 12.8. The molecule has 1 heterocycles. The number of alkyl halides is 3. The van der Waals surface area contributed by atoms with Crippen molar-refractivity contribution < 1.29 is 22.7 Å². The molecule has 1 amide bonds. The Kier molecular flexibility index (Phi) is 4.86. The smallest absolute Gasteiger partial charge is 0.410 e. The zero-order valence-electron chi connectivity index (χ0n) is 16.6. The Labute approximate surface area is 162 Å². The van der Waals surface area contributed by atoms with E-state index in [9.17, 15) is 18.0 Å². The van der Waals surface area contributed by atoms with Crippen molar-refractivity contribution in [2.75, 3.05) is 0 Å². The minimum atomic E-state index is -4.63. The molecule has 7 heteroatoms. The van der Waals surface area contributed by atoms with E-state index < -0.39 is 29.3 Å². The normalized spacial score (nSPS) is 18.9. The van der Waals surface area contributed by atoms with Gasteiger partial charge in [0.05, 0.1) is 0 Å². The maximum Gasteiger partial charge on any atom is 0.410 e. The number of nitrogens with one attached hydrogen (secondary N) is 1. The molecule has 28 heavy (non-hydrogen) atoms. The van der Waals surface area contributed by atoms with E-state index in [0.29, 0.717) is 10.8 Å². The number of hydrogen-bond acceptors (Lipinski definition) is 3. The largest absolute Gasteiger partial charge is 0.488 e. The van der Waals surface area contributed by atoms with Crippen LogP contribution in [0.4, 0.5) is 13.2 Å². The molecule has 1 atom stereocenters. The summed E-state index contributed by atoms with van der Waals surface area (Å²) in [7, 11) is 0. The summed E-state index contributed by atoms with van der Waals surface area (Å²) in [4.78, 5) is 12.0. The summed E-state index contributed by atoms with van der Waals surface area (Å²) in [5.74, 6) is -0.275. The second-order valence-corrected chi connectivity index (χ2v) is 8.75. The Morgan fingerprint density at radius 1 is 1.11 bits per heavy atom. The minimum Gasteiger partial charge on any atom is -0.488 e. The standard InChI is InChI=1S/C21H25F3N2O2/c1-19(2,3)28-15-11-10-13-8-6-7-9-14(13)17(15)18(21(22,23)24)26-20(4,5)12-16(27)25-26/h6-11,18H,12H2,1-5H3,(H,25,27). The number of ether oxygens (including phenoxy) is 1. The lowest BCUT2D eigenvalue weighted by Gasteiger charge is -2.39. The fourth-order valence-corrected chi connectivity index (χ4v) is 3.63. The molecule has 1 unspecified atom stereocenters. The van der Waals surface area contributed by atoms with Crippen molar-refractivity contribution in [2.45, 2.75) is 64.4 Å². The van der Waals surface area contributed by atoms with Crippen LogP contribution in [0.15, 0.2) is 36.4 Å². The number of hydrazine groups is 1. The lowest BCUT2D eigenvalue weighted by molar-refractivity contribution is -0.204. The minimum absolute atomic E-state index is 0.0100. The molecular formula is C21H25F3N2O2. The van der Waals surface area contributed by atoms with E-state index in [-0.39, 0.29) is 17.7 Å². The molecule has 1 N–H and O–H groups in total. The van der Waals surface area contributed by atoms with Gasteiger partial charge in [0, 0.05) is 17.5 Å². The van der Waals surface area contributed by atoms with E-state index in [1.807, 2.05) is 0 Å². The monoisotopic (exact) mass is 394 g/mol. The van der Waals surface area contributed by atoms with E-state index in [1.54, 1.807) is 71.0 Å². The van der Waals surface area contributed by atoms with Crippen molar-refractivity contribution in [1.29, 1.82) is 0 Å². The number of rotatable bonds is 3. The second-order valence-electron chi connectivity index (χ2n) is 8.75. The van der Waals surface area contributed by atoms with Crippen LogP contribution in [0.25, 0.3) is 10.8 Å². The van der Waals surface area contributed by atoms with Crippen LogP contribution in [0.2, 0.25) is 0 Å². The van der Waals surface area contributed by atoms with Crippen LogP contribution in [0.3, 0.4) is 0 Å². The van der Waals surface area contributed by atoms with Gasteiger partial charge in [0.15, 0.2) is 6.04 Å². The SMILES string of the molecule is CC(C)(C)Oc1ccc2ccccc2c1C(N1NC(=O)CC1(C)C)C(F)(F)F. The zero-order valence-corrected chi connectivity index (χ0v) is 16.6. The highest BCUT2D eigenvalue weighted by Gasteiger charge is 2.54. The first-order valence-corrected chi connectivity index (χ1v) is 9.16. The van der Waals surface area contributed by atoms with Crippen LogP contribution in [-0.4, -0.2) is 28.2 Å². The third-order valence-corrected chi connectivity index (χ3v) is 4.68. The molecule has 2 aromatic rings. The Bertz CT molecular complexity index is 901. The molecule has 4 nitrogen and oxygen atoms in total. The molecule has 0 aromatic heterocycles. The molecule has 0 radical (unpaired) electrons. The van der Waals surface area contributed by atoms with Gasteiger partial charge in [0.1, 0.15) is 11.4 Å². The molecule has 1 aliphatic rings. The van der Waals surface area contributed by atoms with E-state index in [1.165, 1.54) is 0 Å². The predicted octanol–water partition coefficient (Wildman–Crippen LogP) is 5.14. The number of nitrogens with zero attached hydrogens (tertiary/aromatic N) is 1. The molecule has 1 fully saturated rings. The highest BCUT2D eigenvalue weighted by atomic mass is 19.4. The quantitative estimate of drug-likeness (QED) is 0.784. The fourth-order valence-electron chi connectivity index (χ4n) is 3.63. The van der Waals surface area contributed by atoms with Gasteiger partial charge in [-0.15, -0.1) is 0 Å². The fraction of sp³-hybridized carbons (Fsp3) is 0.476. The maximum absolute atomic E-state index is 14.4. The van der Waals surface area contributed by atoms with Crippen LogP contribution in [-0.2, 0) is 4.79 Å². The molecule has 1 aliphatic heterocycles. The molecule has 0 bridgehead atoms. The molecule has 2 aromatic carbocycles. The number of benzene rings is 2. The summed E-state index contributed by atoms with van der Waals surface area (Å²) >= 11 is 0. The molecule has 0 saturated carbocycles. The van der Waals surface area contributed by atoms with Crippen LogP contribution in [0, 0.1) is 0 Å². The van der Waals surface area contributed by atoms with Gasteiger partial charge in [-0.2, -0.15) is 18.2 Å². The van der Waals surface area contributed by atoms with Gasteiger partial charge in [-0.25, -0.2) is 0 Å². The van der Waals surface area contributed by atoms with E-state index in [0.717, 1.165) is 5.01 Å². The van der Waals surface area contributed by atoms with Crippen molar-refractivity contribution in [2.24, 2.45) is 0 Å². The highest BCUT2D eigenvalue weighted by Crippen LogP contribution is 2.48. The first kappa shape index (κ1) is 20.5. The number of fused-ring (bicyclic) bond motifs is 1. The van der Waals surface area contributed by atoms with Crippen LogP contribution < -0.4 is 10.2 Å². The second kappa shape index (κ2) is 6.65. The number of amides is 1. The van der Waals surface area contributed by atoms with Gasteiger partial charge in [0.2, 0.25) is 5.91 Å². The molecule has 0 spiro atoms.